The minimum atomic E-state index is -1.11. The predicted octanol–water partition coefficient (Wildman–Crippen LogP) is 3.76. The van der Waals surface area contributed by atoms with E-state index < -0.39 is 23.7 Å². The molecule has 1 heterocycles. The number of H-pyrrole nitrogens is 1. The Bertz CT molecular complexity index is 777. The van der Waals surface area contributed by atoms with Crippen LogP contribution >= 0.6 is 15.9 Å². The average molecular weight is 397 g/mol. The van der Waals surface area contributed by atoms with Gasteiger partial charge in [0.15, 0.2) is 0 Å². The summed E-state index contributed by atoms with van der Waals surface area (Å²) in [5, 5.41) is 12.8. The van der Waals surface area contributed by atoms with Crippen molar-refractivity contribution in [3.05, 3.63) is 33.9 Å². The van der Waals surface area contributed by atoms with E-state index >= 15 is 0 Å². The second-order valence-electron chi connectivity index (χ2n) is 6.70. The molecule has 0 bridgehead atoms. The first-order chi connectivity index (χ1) is 11.1. The number of rotatable bonds is 4. The van der Waals surface area contributed by atoms with E-state index in [0.29, 0.717) is 0 Å². The molecule has 2 aromatic rings. The maximum Gasteiger partial charge on any atom is 0.408 e. The number of carbonyl (C=O) groups excluding carboxylic acids is 1. The van der Waals surface area contributed by atoms with Crippen LogP contribution in [0.1, 0.15) is 31.9 Å². The number of benzene rings is 1. The van der Waals surface area contributed by atoms with Gasteiger partial charge in [0.2, 0.25) is 0 Å². The molecule has 0 fully saturated rings. The van der Waals surface area contributed by atoms with Gasteiger partial charge in [-0.2, -0.15) is 0 Å². The van der Waals surface area contributed by atoms with Gasteiger partial charge in [0.05, 0.1) is 0 Å². The first-order valence-electron chi connectivity index (χ1n) is 7.55. The summed E-state index contributed by atoms with van der Waals surface area (Å²) < 4.78 is 6.11. The van der Waals surface area contributed by atoms with E-state index in [4.69, 9.17) is 4.74 Å². The molecule has 6 nitrogen and oxygen atoms in total. The Morgan fingerprint density at radius 2 is 2.04 bits per heavy atom. The SMILES string of the molecule is Cc1cc2c(CC(NC(=O)OC(C)(C)C)C(=O)O)c[nH]c2cc1Br. The van der Waals surface area contributed by atoms with E-state index in [1.54, 1.807) is 27.0 Å². The van der Waals surface area contributed by atoms with E-state index in [2.05, 4.69) is 26.2 Å². The molecular weight excluding hydrogens is 376 g/mol. The molecule has 3 N–H and O–H groups in total. The summed E-state index contributed by atoms with van der Waals surface area (Å²) in [6.07, 6.45) is 1.19. The van der Waals surface area contributed by atoms with Crippen molar-refractivity contribution in [2.75, 3.05) is 0 Å². The van der Waals surface area contributed by atoms with Crippen LogP contribution in [0.25, 0.3) is 10.9 Å². The molecule has 0 spiro atoms. The van der Waals surface area contributed by atoms with Crippen molar-refractivity contribution in [1.82, 2.24) is 10.3 Å². The van der Waals surface area contributed by atoms with Gasteiger partial charge in [0.25, 0.3) is 0 Å². The number of alkyl carbamates (subject to hydrolysis) is 1. The third-order valence-electron chi connectivity index (χ3n) is 3.46. The number of halogens is 1. The van der Waals surface area contributed by atoms with Gasteiger partial charge in [0, 0.05) is 28.0 Å². The van der Waals surface area contributed by atoms with Crippen molar-refractivity contribution in [1.29, 1.82) is 0 Å². The Morgan fingerprint density at radius 3 is 2.62 bits per heavy atom. The molecule has 1 aromatic carbocycles. The van der Waals surface area contributed by atoms with Crippen LogP contribution in [0, 0.1) is 6.92 Å². The van der Waals surface area contributed by atoms with E-state index in [9.17, 15) is 14.7 Å². The standard InChI is InChI=1S/C17H21BrN2O4/c1-9-5-11-10(8-19-13(11)7-12(9)18)6-14(15(21)22)20-16(23)24-17(2,3)4/h5,7-8,14,19H,6H2,1-4H3,(H,20,23)(H,21,22). The van der Waals surface area contributed by atoms with Gasteiger partial charge in [-0.25, -0.2) is 9.59 Å². The number of hydrogen-bond donors (Lipinski definition) is 3. The van der Waals surface area contributed by atoms with Gasteiger partial charge >= 0.3 is 12.1 Å². The number of hydrogen-bond acceptors (Lipinski definition) is 3. The fourth-order valence-electron chi connectivity index (χ4n) is 2.35. The van der Waals surface area contributed by atoms with Crippen LogP contribution in [0.2, 0.25) is 0 Å². The Labute approximate surface area is 148 Å². The number of aromatic nitrogens is 1. The quantitative estimate of drug-likeness (QED) is 0.733. The lowest BCUT2D eigenvalue weighted by atomic mass is 10.0. The van der Waals surface area contributed by atoms with E-state index in [1.165, 1.54) is 0 Å². The van der Waals surface area contributed by atoms with Crippen LogP contribution in [0.5, 0.6) is 0 Å². The molecule has 130 valence electrons. The second-order valence-corrected chi connectivity index (χ2v) is 7.56. The number of amides is 1. The molecule has 0 radical (unpaired) electrons. The zero-order valence-electron chi connectivity index (χ0n) is 14.1. The number of carboxylic acids is 1. The summed E-state index contributed by atoms with van der Waals surface area (Å²) in [5.74, 6) is -1.11. The molecule has 2 rings (SSSR count). The number of carboxylic acid groups (broad SMARTS) is 1. The molecule has 1 unspecified atom stereocenters. The average Bonchev–Trinajstić information content (AvgIpc) is 2.79. The highest BCUT2D eigenvalue weighted by molar-refractivity contribution is 9.10. The molecule has 0 aliphatic heterocycles. The number of carbonyl (C=O) groups is 2. The summed E-state index contributed by atoms with van der Waals surface area (Å²) >= 11 is 3.47. The van der Waals surface area contributed by atoms with Crippen LogP contribution in [-0.2, 0) is 16.0 Å². The first-order valence-corrected chi connectivity index (χ1v) is 8.34. The van der Waals surface area contributed by atoms with Gasteiger partial charge in [-0.3, -0.25) is 0 Å². The van der Waals surface area contributed by atoms with Crippen molar-refractivity contribution in [2.45, 2.75) is 45.8 Å². The van der Waals surface area contributed by atoms with Gasteiger partial charge in [0.1, 0.15) is 11.6 Å². The highest BCUT2D eigenvalue weighted by Gasteiger charge is 2.25. The summed E-state index contributed by atoms with van der Waals surface area (Å²) in [5.41, 5.74) is 2.10. The normalized spacial score (nSPS) is 12.9. The molecule has 0 saturated heterocycles. The highest BCUT2D eigenvalue weighted by Crippen LogP contribution is 2.26. The first kappa shape index (κ1) is 18.3. The topological polar surface area (TPSA) is 91.4 Å². The zero-order valence-corrected chi connectivity index (χ0v) is 15.7. The third kappa shape index (κ3) is 4.50. The monoisotopic (exact) mass is 396 g/mol. The van der Waals surface area contributed by atoms with Crippen molar-refractivity contribution in [3.8, 4) is 0 Å². The van der Waals surface area contributed by atoms with Crippen LogP contribution in [0.3, 0.4) is 0 Å². The molecule has 0 saturated carbocycles. The minimum Gasteiger partial charge on any atom is -0.480 e. The number of fused-ring (bicyclic) bond motifs is 1. The van der Waals surface area contributed by atoms with Gasteiger partial charge in [-0.15, -0.1) is 0 Å². The Kier molecular flexibility index (Phi) is 5.22. The molecule has 1 aromatic heterocycles. The van der Waals surface area contributed by atoms with E-state index in [0.717, 1.165) is 26.5 Å². The van der Waals surface area contributed by atoms with E-state index in [1.807, 2.05) is 19.1 Å². The number of ether oxygens (including phenoxy) is 1. The lowest BCUT2D eigenvalue weighted by Gasteiger charge is -2.22. The van der Waals surface area contributed by atoms with Crippen LogP contribution in [0.4, 0.5) is 4.79 Å². The second kappa shape index (κ2) is 6.84. The van der Waals surface area contributed by atoms with Gasteiger partial charge < -0.3 is 20.1 Å². The largest absolute Gasteiger partial charge is 0.480 e. The number of aryl methyl sites for hydroxylation is 1. The number of aromatic amines is 1. The third-order valence-corrected chi connectivity index (χ3v) is 4.31. The van der Waals surface area contributed by atoms with Gasteiger partial charge in [-0.1, -0.05) is 15.9 Å². The molecule has 0 aliphatic carbocycles. The number of nitrogens with one attached hydrogen (secondary N) is 2. The minimum absolute atomic E-state index is 0.162. The lowest BCUT2D eigenvalue weighted by molar-refractivity contribution is -0.139. The van der Waals surface area contributed by atoms with Crippen molar-refractivity contribution in [3.63, 3.8) is 0 Å². The lowest BCUT2D eigenvalue weighted by Crippen LogP contribution is -2.44. The van der Waals surface area contributed by atoms with Crippen molar-refractivity contribution in [2.24, 2.45) is 0 Å². The molecule has 1 amide bonds. The fourth-order valence-corrected chi connectivity index (χ4v) is 2.69. The maximum absolute atomic E-state index is 11.9. The summed E-state index contributed by atoms with van der Waals surface area (Å²) in [6.45, 7) is 7.14. The Hall–Kier alpha value is -2.02. The van der Waals surface area contributed by atoms with Crippen LogP contribution in [-0.4, -0.2) is 33.8 Å². The molecule has 24 heavy (non-hydrogen) atoms. The Morgan fingerprint density at radius 1 is 1.38 bits per heavy atom. The van der Waals surface area contributed by atoms with E-state index in [-0.39, 0.29) is 6.42 Å². The number of aliphatic carboxylic acids is 1. The smallest absolute Gasteiger partial charge is 0.408 e. The van der Waals surface area contributed by atoms with Crippen LogP contribution in [0.15, 0.2) is 22.8 Å². The van der Waals surface area contributed by atoms with Crippen LogP contribution < -0.4 is 5.32 Å². The van der Waals surface area contributed by atoms with Gasteiger partial charge in [-0.05, 0) is 51.0 Å². The maximum atomic E-state index is 11.9. The van der Waals surface area contributed by atoms with Crippen molar-refractivity contribution >= 4 is 38.9 Å². The fraction of sp³-hybridized carbons (Fsp3) is 0.412. The van der Waals surface area contributed by atoms with Crippen molar-refractivity contribution < 1.29 is 19.4 Å². The predicted molar refractivity (Wildman–Crippen MR) is 95.2 cm³/mol. The molecule has 1 atom stereocenters. The summed E-state index contributed by atoms with van der Waals surface area (Å²) in [6, 6.07) is 2.87. The summed E-state index contributed by atoms with van der Waals surface area (Å²) in [7, 11) is 0. The highest BCUT2D eigenvalue weighted by atomic mass is 79.9. The molecular formula is C17H21BrN2O4. The Balaban J connectivity index is 2.21. The molecule has 7 heteroatoms. The molecule has 0 aliphatic rings. The summed E-state index contributed by atoms with van der Waals surface area (Å²) in [4.78, 5) is 26.5. The zero-order chi connectivity index (χ0) is 18.1.